The van der Waals surface area contributed by atoms with Crippen LogP contribution in [0, 0.1) is 0 Å². The fourth-order valence-corrected chi connectivity index (χ4v) is 2.90. The molecule has 130 valence electrons. The van der Waals surface area contributed by atoms with Gasteiger partial charge in [-0.15, -0.1) is 0 Å². The van der Waals surface area contributed by atoms with Crippen molar-refractivity contribution in [2.24, 2.45) is 0 Å². The summed E-state index contributed by atoms with van der Waals surface area (Å²) in [6, 6.07) is 5.63. The van der Waals surface area contributed by atoms with Crippen LogP contribution in [0.3, 0.4) is 0 Å². The first-order valence-corrected chi connectivity index (χ1v) is 8.61. The molecule has 6 nitrogen and oxygen atoms in total. The first-order chi connectivity index (χ1) is 12.2. The predicted octanol–water partition coefficient (Wildman–Crippen LogP) is 2.57. The number of nitrogens with one attached hydrogen (secondary N) is 1. The van der Waals surface area contributed by atoms with Crippen LogP contribution in [0.15, 0.2) is 36.8 Å². The molecule has 5 rings (SSSR count). The summed E-state index contributed by atoms with van der Waals surface area (Å²) in [5.41, 5.74) is 9.50. The molecular formula is C18H21FN6. The molecule has 1 aliphatic heterocycles. The van der Waals surface area contributed by atoms with Crippen molar-refractivity contribution in [3.8, 4) is 11.4 Å². The second-order valence-corrected chi connectivity index (χ2v) is 6.50. The third kappa shape index (κ3) is 3.61. The number of imidazole rings is 1. The molecule has 0 radical (unpaired) electrons. The molecule has 1 unspecified atom stereocenters. The molecule has 1 saturated heterocycles. The molecule has 0 spiro atoms. The number of alkyl halides is 1. The molecule has 0 bridgehead atoms. The second kappa shape index (κ2) is 6.76. The maximum Gasteiger partial charge on any atom is 0.155 e. The lowest BCUT2D eigenvalue weighted by molar-refractivity contribution is 0.361. The van der Waals surface area contributed by atoms with E-state index in [1.165, 1.54) is 12.8 Å². The third-order valence-corrected chi connectivity index (χ3v) is 4.44. The van der Waals surface area contributed by atoms with Gasteiger partial charge in [0.25, 0.3) is 0 Å². The topological polar surface area (TPSA) is 81.1 Å². The van der Waals surface area contributed by atoms with Gasteiger partial charge >= 0.3 is 0 Å². The molecule has 25 heavy (non-hydrogen) atoms. The van der Waals surface area contributed by atoms with Gasteiger partial charge in [-0.1, -0.05) is 6.07 Å². The van der Waals surface area contributed by atoms with E-state index < -0.39 is 6.17 Å². The molecule has 4 heterocycles. The Morgan fingerprint density at radius 3 is 2.68 bits per heavy atom. The number of nitrogens with two attached hydrogens (primary N) is 1. The predicted molar refractivity (Wildman–Crippen MR) is 95.0 cm³/mol. The van der Waals surface area contributed by atoms with Crippen LogP contribution in [0.2, 0.25) is 0 Å². The molecule has 3 aromatic rings. The van der Waals surface area contributed by atoms with Gasteiger partial charge in [0.15, 0.2) is 5.65 Å². The van der Waals surface area contributed by atoms with Crippen LogP contribution >= 0.6 is 0 Å². The van der Waals surface area contributed by atoms with Gasteiger partial charge in [-0.25, -0.2) is 14.4 Å². The fraction of sp³-hybridized carbons (Fsp3) is 0.389. The van der Waals surface area contributed by atoms with Gasteiger partial charge in [-0.3, -0.25) is 9.38 Å². The van der Waals surface area contributed by atoms with Gasteiger partial charge < -0.3 is 11.1 Å². The summed E-state index contributed by atoms with van der Waals surface area (Å²) in [5, 5.41) is 2.90. The number of fused-ring (bicyclic) bond motifs is 1. The van der Waals surface area contributed by atoms with Gasteiger partial charge in [0, 0.05) is 18.7 Å². The number of pyridine rings is 1. The number of halogens is 1. The van der Waals surface area contributed by atoms with Crippen molar-refractivity contribution in [3.63, 3.8) is 0 Å². The van der Waals surface area contributed by atoms with E-state index in [1.807, 2.05) is 28.9 Å². The van der Waals surface area contributed by atoms with E-state index in [-0.39, 0.29) is 0 Å². The Labute approximate surface area is 145 Å². The highest BCUT2D eigenvalue weighted by atomic mass is 19.1. The number of hydrogen-bond acceptors (Lipinski definition) is 5. The Balaban J connectivity index is 0.000000223. The van der Waals surface area contributed by atoms with Crippen molar-refractivity contribution in [3.05, 3.63) is 42.5 Å². The molecule has 0 aromatic carbocycles. The first kappa shape index (κ1) is 16.0. The van der Waals surface area contributed by atoms with Crippen LogP contribution in [0.4, 0.5) is 10.2 Å². The maximum absolute atomic E-state index is 11.9. The monoisotopic (exact) mass is 340 g/mol. The molecule has 1 saturated carbocycles. The zero-order chi connectivity index (χ0) is 17.2. The zero-order valence-electron chi connectivity index (χ0n) is 13.9. The van der Waals surface area contributed by atoms with E-state index in [9.17, 15) is 4.39 Å². The van der Waals surface area contributed by atoms with Crippen LogP contribution < -0.4 is 11.1 Å². The molecule has 0 amide bonds. The van der Waals surface area contributed by atoms with Crippen LogP contribution in [-0.4, -0.2) is 38.6 Å². The van der Waals surface area contributed by atoms with E-state index >= 15 is 0 Å². The molecule has 1 atom stereocenters. The van der Waals surface area contributed by atoms with E-state index in [2.05, 4.69) is 26.5 Å². The van der Waals surface area contributed by atoms with Gasteiger partial charge in [0.2, 0.25) is 0 Å². The van der Waals surface area contributed by atoms with E-state index in [0.717, 1.165) is 29.3 Å². The number of aromatic nitrogens is 4. The van der Waals surface area contributed by atoms with Crippen molar-refractivity contribution in [2.45, 2.75) is 31.4 Å². The van der Waals surface area contributed by atoms with Gasteiger partial charge in [0.1, 0.15) is 12.0 Å². The summed E-state index contributed by atoms with van der Waals surface area (Å²) in [4.78, 5) is 13.2. The van der Waals surface area contributed by atoms with Crippen LogP contribution in [0.5, 0.6) is 0 Å². The van der Waals surface area contributed by atoms with Crippen molar-refractivity contribution in [2.75, 3.05) is 18.8 Å². The summed E-state index contributed by atoms with van der Waals surface area (Å²) in [7, 11) is 0. The highest BCUT2D eigenvalue weighted by molar-refractivity contribution is 5.61. The minimum atomic E-state index is -0.565. The van der Waals surface area contributed by atoms with E-state index in [0.29, 0.717) is 24.7 Å². The third-order valence-electron chi connectivity index (χ3n) is 4.44. The molecule has 3 aromatic heterocycles. The van der Waals surface area contributed by atoms with Crippen molar-refractivity contribution < 1.29 is 4.39 Å². The molecular weight excluding hydrogens is 319 g/mol. The number of nitrogen functional groups attached to an aromatic ring is 1. The Morgan fingerprint density at radius 2 is 2.04 bits per heavy atom. The number of anilines is 1. The first-order valence-electron chi connectivity index (χ1n) is 8.61. The maximum atomic E-state index is 11.9. The van der Waals surface area contributed by atoms with Gasteiger partial charge in [0.05, 0.1) is 29.5 Å². The molecule has 1 aliphatic carbocycles. The quantitative estimate of drug-likeness (QED) is 0.749. The summed E-state index contributed by atoms with van der Waals surface area (Å²) < 4.78 is 13.9. The van der Waals surface area contributed by atoms with E-state index in [4.69, 9.17) is 5.73 Å². The lowest BCUT2D eigenvalue weighted by Gasteiger charge is -2.04. The van der Waals surface area contributed by atoms with Crippen molar-refractivity contribution in [1.29, 1.82) is 0 Å². The fourth-order valence-electron chi connectivity index (χ4n) is 2.90. The Bertz CT molecular complexity index is 867. The standard InChI is InChI=1S/C14H13N5.C4H8FN/c15-13-3-1-2-10(18-13)12-6-17-14-7-16-11(8-19(12)14)9-4-5-9;5-4-1-2-6-3-4/h1-3,6-9H,4-5H2,(H2,15,18);4,6H,1-3H2. The van der Waals surface area contributed by atoms with Gasteiger partial charge in [-0.2, -0.15) is 0 Å². The number of hydrogen-bond donors (Lipinski definition) is 2. The zero-order valence-corrected chi connectivity index (χ0v) is 13.9. The number of rotatable bonds is 2. The molecule has 7 heteroatoms. The second-order valence-electron chi connectivity index (χ2n) is 6.50. The smallest absolute Gasteiger partial charge is 0.155 e. The van der Waals surface area contributed by atoms with Crippen molar-refractivity contribution in [1.82, 2.24) is 24.7 Å². The van der Waals surface area contributed by atoms with Crippen LogP contribution in [0.25, 0.3) is 17.0 Å². The van der Waals surface area contributed by atoms with Crippen molar-refractivity contribution >= 4 is 11.5 Å². The average molecular weight is 340 g/mol. The van der Waals surface area contributed by atoms with E-state index in [1.54, 1.807) is 6.07 Å². The SMILES string of the molecule is FC1CCNC1.Nc1cccc(-c2cnc3cnc(C4CC4)cn23)n1. The minimum absolute atomic E-state index is 0.518. The van der Waals surface area contributed by atoms with Crippen LogP contribution in [0.1, 0.15) is 30.9 Å². The summed E-state index contributed by atoms with van der Waals surface area (Å²) in [5.74, 6) is 1.14. The van der Waals surface area contributed by atoms with Crippen LogP contribution in [-0.2, 0) is 0 Å². The summed E-state index contributed by atoms with van der Waals surface area (Å²) in [6.07, 6.45) is 8.32. The number of nitrogens with zero attached hydrogens (tertiary/aromatic N) is 4. The summed E-state index contributed by atoms with van der Waals surface area (Å²) >= 11 is 0. The Morgan fingerprint density at radius 1 is 1.16 bits per heavy atom. The molecule has 3 N–H and O–H groups in total. The normalized spacial score (nSPS) is 19.6. The lowest BCUT2D eigenvalue weighted by Crippen LogP contribution is -2.08. The van der Waals surface area contributed by atoms with Gasteiger partial charge in [-0.05, 0) is 37.9 Å². The molecule has 2 aliphatic rings. The molecule has 2 fully saturated rings. The Kier molecular flexibility index (Phi) is 4.31. The highest BCUT2D eigenvalue weighted by Gasteiger charge is 2.25. The highest BCUT2D eigenvalue weighted by Crippen LogP contribution is 2.39. The lowest BCUT2D eigenvalue weighted by atomic mass is 10.2. The largest absolute Gasteiger partial charge is 0.384 e. The minimum Gasteiger partial charge on any atom is -0.384 e. The summed E-state index contributed by atoms with van der Waals surface area (Å²) in [6.45, 7) is 1.43. The average Bonchev–Trinajstić information content (AvgIpc) is 3.21. The Hall–Kier alpha value is -2.54.